The molecule has 0 spiro atoms. The molecule has 0 radical (unpaired) electrons. The molecular weight excluding hydrogens is 413 g/mol. The predicted octanol–water partition coefficient (Wildman–Crippen LogP) is 6.80. The van der Waals surface area contributed by atoms with E-state index in [1.165, 1.54) is 30.5 Å². The molecule has 3 nitrogen and oxygen atoms in total. The van der Waals surface area contributed by atoms with Crippen LogP contribution in [-0.4, -0.2) is 16.6 Å². The van der Waals surface area contributed by atoms with Crippen molar-refractivity contribution in [2.24, 2.45) is 5.92 Å². The Labute approximate surface area is 186 Å². The van der Waals surface area contributed by atoms with Crippen LogP contribution in [0.2, 0.25) is 0 Å². The van der Waals surface area contributed by atoms with Crippen LogP contribution in [0.25, 0.3) is 10.9 Å². The van der Waals surface area contributed by atoms with Gasteiger partial charge in [0.25, 0.3) is 0 Å². The average Bonchev–Trinajstić information content (AvgIpc) is 2.78. The number of nitrogens with zero attached hydrogens (tertiary/aromatic N) is 1. The third kappa shape index (κ3) is 5.80. The van der Waals surface area contributed by atoms with Crippen molar-refractivity contribution in [2.75, 3.05) is 6.54 Å². The molecule has 1 aliphatic heterocycles. The molecule has 0 saturated carbocycles. The van der Waals surface area contributed by atoms with Gasteiger partial charge in [-0.25, -0.2) is 4.98 Å². The Bertz CT molecular complexity index is 1030. The first kappa shape index (κ1) is 22.6. The van der Waals surface area contributed by atoms with E-state index in [9.17, 15) is 18.3 Å². The number of unbranched alkanes of at least 4 members (excludes halogenated alkanes) is 2. The maximum atomic E-state index is 12.7. The number of pyridine rings is 1. The molecule has 0 bridgehead atoms. The second kappa shape index (κ2) is 9.90. The minimum Gasteiger partial charge on any atom is -0.493 e. The fourth-order valence-electron chi connectivity index (χ4n) is 4.65. The minimum atomic E-state index is -4.27. The van der Waals surface area contributed by atoms with Gasteiger partial charge in [-0.15, -0.1) is 0 Å². The molecule has 1 saturated heterocycles. The molecule has 2 unspecified atom stereocenters. The highest BCUT2D eigenvalue weighted by Crippen LogP contribution is 2.32. The number of fused-ring (bicyclic) bond motifs is 1. The summed E-state index contributed by atoms with van der Waals surface area (Å²) in [6.07, 6.45) is 3.23. The summed E-state index contributed by atoms with van der Waals surface area (Å²) in [5.74, 6) is 0.709. The zero-order valence-electron chi connectivity index (χ0n) is 18.0. The Kier molecular flexibility index (Phi) is 6.99. The van der Waals surface area contributed by atoms with Gasteiger partial charge >= 0.3 is 6.18 Å². The lowest BCUT2D eigenvalue weighted by Crippen LogP contribution is -2.31. The second-order valence-electron chi connectivity index (χ2n) is 8.81. The van der Waals surface area contributed by atoms with E-state index in [2.05, 4.69) is 28.5 Å². The van der Waals surface area contributed by atoms with Gasteiger partial charge < -0.3 is 10.4 Å². The summed E-state index contributed by atoms with van der Waals surface area (Å²) in [5, 5.41) is 14.3. The van der Waals surface area contributed by atoms with E-state index in [1.54, 1.807) is 18.2 Å². The zero-order valence-corrected chi connectivity index (χ0v) is 18.0. The zero-order chi connectivity index (χ0) is 22.6. The first-order chi connectivity index (χ1) is 15.4. The van der Waals surface area contributed by atoms with Crippen molar-refractivity contribution >= 4 is 10.9 Å². The molecule has 1 fully saturated rings. The Morgan fingerprint density at radius 2 is 1.75 bits per heavy atom. The van der Waals surface area contributed by atoms with Crippen molar-refractivity contribution in [3.63, 3.8) is 0 Å². The first-order valence-electron chi connectivity index (χ1n) is 11.4. The standard InChI is InChI=1S/C26H29F3N2O/c27-26(28,29)22-11-6-18(7-12-22)4-2-1-3-5-19-14-15-30-23(16-19)21-9-8-20-10-13-25(32)31-24(20)17-21/h6-13,17,19,23,30H,1-5,14-16H2,(H,31,32). The van der Waals surface area contributed by atoms with Gasteiger partial charge in [-0.3, -0.25) is 0 Å². The van der Waals surface area contributed by atoms with Gasteiger partial charge in [0.05, 0.1) is 11.1 Å². The van der Waals surface area contributed by atoms with Gasteiger partial charge in [0.15, 0.2) is 0 Å². The SMILES string of the molecule is Oc1ccc2ccc(C3CC(CCCCCc4ccc(C(F)(F)F)cc4)CCN3)cc2n1. The summed E-state index contributed by atoms with van der Waals surface area (Å²) in [5.41, 5.74) is 2.41. The van der Waals surface area contributed by atoms with Crippen LogP contribution in [0, 0.1) is 5.92 Å². The van der Waals surface area contributed by atoms with Crippen LogP contribution in [0.1, 0.15) is 61.3 Å². The van der Waals surface area contributed by atoms with E-state index >= 15 is 0 Å². The monoisotopic (exact) mass is 442 g/mol. The Balaban J connectivity index is 1.22. The molecule has 4 rings (SSSR count). The van der Waals surface area contributed by atoms with Crippen LogP contribution in [0.4, 0.5) is 13.2 Å². The molecule has 3 aromatic rings. The number of hydrogen-bond acceptors (Lipinski definition) is 3. The fourth-order valence-corrected chi connectivity index (χ4v) is 4.65. The molecule has 32 heavy (non-hydrogen) atoms. The van der Waals surface area contributed by atoms with Crippen molar-refractivity contribution in [1.29, 1.82) is 0 Å². The lowest BCUT2D eigenvalue weighted by Gasteiger charge is -2.31. The Hall–Kier alpha value is -2.60. The van der Waals surface area contributed by atoms with E-state index in [1.807, 2.05) is 6.07 Å². The van der Waals surface area contributed by atoms with Crippen LogP contribution in [0.3, 0.4) is 0 Å². The molecular formula is C26H29F3N2O. The van der Waals surface area contributed by atoms with Gasteiger partial charge in [0.2, 0.25) is 5.88 Å². The van der Waals surface area contributed by atoms with Gasteiger partial charge in [-0.05, 0) is 73.5 Å². The van der Waals surface area contributed by atoms with Gasteiger partial charge in [0.1, 0.15) is 0 Å². The van der Waals surface area contributed by atoms with E-state index in [0.29, 0.717) is 12.0 Å². The fraction of sp³-hybridized carbons (Fsp3) is 0.423. The lowest BCUT2D eigenvalue weighted by molar-refractivity contribution is -0.137. The maximum Gasteiger partial charge on any atom is 0.416 e. The quantitative estimate of drug-likeness (QED) is 0.396. The van der Waals surface area contributed by atoms with Crippen molar-refractivity contribution in [2.45, 2.75) is 57.2 Å². The highest BCUT2D eigenvalue weighted by Gasteiger charge is 2.29. The van der Waals surface area contributed by atoms with Crippen molar-refractivity contribution in [1.82, 2.24) is 10.3 Å². The van der Waals surface area contributed by atoms with Crippen LogP contribution in [0.15, 0.2) is 54.6 Å². The summed E-state index contributed by atoms with van der Waals surface area (Å²) in [7, 11) is 0. The highest BCUT2D eigenvalue weighted by atomic mass is 19.4. The van der Waals surface area contributed by atoms with Gasteiger partial charge in [-0.1, -0.05) is 43.5 Å². The normalized spacial score (nSPS) is 19.3. The van der Waals surface area contributed by atoms with Gasteiger partial charge in [-0.2, -0.15) is 13.2 Å². The maximum absolute atomic E-state index is 12.7. The molecule has 0 amide bonds. The molecule has 2 atom stereocenters. The van der Waals surface area contributed by atoms with Crippen molar-refractivity contribution in [3.05, 3.63) is 71.3 Å². The third-order valence-corrected chi connectivity index (χ3v) is 6.48. The topological polar surface area (TPSA) is 45.1 Å². The number of alkyl halides is 3. The van der Waals surface area contributed by atoms with Crippen LogP contribution in [-0.2, 0) is 12.6 Å². The summed E-state index contributed by atoms with van der Waals surface area (Å²) in [4.78, 5) is 4.23. The summed E-state index contributed by atoms with van der Waals surface area (Å²) in [6, 6.07) is 15.6. The van der Waals surface area contributed by atoms with Crippen molar-refractivity contribution in [3.8, 4) is 5.88 Å². The molecule has 0 aliphatic carbocycles. The average molecular weight is 443 g/mol. The number of benzene rings is 2. The molecule has 1 aliphatic rings. The lowest BCUT2D eigenvalue weighted by atomic mass is 9.85. The second-order valence-corrected chi connectivity index (χ2v) is 8.81. The molecule has 170 valence electrons. The van der Waals surface area contributed by atoms with Crippen molar-refractivity contribution < 1.29 is 18.3 Å². The molecule has 2 heterocycles. The largest absolute Gasteiger partial charge is 0.493 e. The van der Waals surface area contributed by atoms with E-state index in [0.717, 1.165) is 55.1 Å². The molecule has 6 heteroatoms. The minimum absolute atomic E-state index is 0.0421. The van der Waals surface area contributed by atoms with Crippen LogP contribution >= 0.6 is 0 Å². The number of aromatic hydroxyl groups is 1. The summed E-state index contributed by atoms with van der Waals surface area (Å²) < 4.78 is 38.0. The Morgan fingerprint density at radius 1 is 0.969 bits per heavy atom. The number of aryl methyl sites for hydroxylation is 1. The Morgan fingerprint density at radius 3 is 2.53 bits per heavy atom. The van der Waals surface area contributed by atoms with Crippen LogP contribution < -0.4 is 5.32 Å². The molecule has 2 aromatic carbocycles. The summed E-state index contributed by atoms with van der Waals surface area (Å²) >= 11 is 0. The molecule has 2 N–H and O–H groups in total. The predicted molar refractivity (Wildman–Crippen MR) is 120 cm³/mol. The number of halogens is 3. The number of nitrogens with one attached hydrogen (secondary N) is 1. The van der Waals surface area contributed by atoms with Crippen LogP contribution in [0.5, 0.6) is 5.88 Å². The smallest absolute Gasteiger partial charge is 0.416 e. The first-order valence-corrected chi connectivity index (χ1v) is 11.4. The van der Waals surface area contributed by atoms with E-state index in [4.69, 9.17) is 0 Å². The number of rotatable bonds is 7. The van der Waals surface area contributed by atoms with E-state index < -0.39 is 11.7 Å². The van der Waals surface area contributed by atoms with Gasteiger partial charge in [0, 0.05) is 17.5 Å². The third-order valence-electron chi connectivity index (χ3n) is 6.48. The number of piperidine rings is 1. The van der Waals surface area contributed by atoms with E-state index in [-0.39, 0.29) is 5.88 Å². The number of hydrogen-bond donors (Lipinski definition) is 2. The highest BCUT2D eigenvalue weighted by molar-refractivity contribution is 5.79. The number of aromatic nitrogens is 1. The summed E-state index contributed by atoms with van der Waals surface area (Å²) in [6.45, 7) is 0.992. The molecule has 1 aromatic heterocycles.